The number of nitrogens with zero attached hydrogens (tertiary/aromatic N) is 2. The van der Waals surface area contributed by atoms with Gasteiger partial charge in [0.25, 0.3) is 16.8 Å². The summed E-state index contributed by atoms with van der Waals surface area (Å²) in [5.74, 6) is 0.628. The van der Waals surface area contributed by atoms with E-state index < -0.39 is 10.8 Å². The normalized spacial score (nSPS) is 14.9. The topological polar surface area (TPSA) is 103 Å². The third-order valence-corrected chi connectivity index (χ3v) is 5.85. The monoisotopic (exact) mass is 470 g/mol. The van der Waals surface area contributed by atoms with E-state index in [0.717, 1.165) is 22.2 Å². The minimum Gasteiger partial charge on any atom is -0.496 e. The van der Waals surface area contributed by atoms with Crippen LogP contribution in [0.3, 0.4) is 0 Å². The lowest BCUT2D eigenvalue weighted by Crippen LogP contribution is -2.27. The number of hydrogen-bond acceptors (Lipinski definition) is 7. The second-order valence-electron chi connectivity index (χ2n) is 6.74. The second-order valence-corrected chi connectivity index (χ2v) is 8.17. The van der Waals surface area contributed by atoms with Crippen LogP contribution in [0.25, 0.3) is 17.4 Å². The zero-order valence-electron chi connectivity index (χ0n) is 16.6. The number of thioether (sulfide) groups is 1. The Kier molecular flexibility index (Phi) is 6.02. The number of ether oxygens (including phenoxy) is 1. The molecule has 2 amide bonds. The van der Waals surface area contributed by atoms with Gasteiger partial charge in [0, 0.05) is 23.2 Å². The van der Waals surface area contributed by atoms with Gasteiger partial charge >= 0.3 is 0 Å². The Labute approximate surface area is 191 Å². The average Bonchev–Trinajstić information content (AvgIpc) is 3.35. The number of hydrogen-bond donors (Lipinski definition) is 0. The molecule has 0 bridgehead atoms. The molecule has 0 atom stereocenters. The summed E-state index contributed by atoms with van der Waals surface area (Å²) in [7, 11) is 1.45. The van der Waals surface area contributed by atoms with Crippen LogP contribution in [0.5, 0.6) is 5.75 Å². The van der Waals surface area contributed by atoms with E-state index in [4.69, 9.17) is 20.8 Å². The highest BCUT2D eigenvalue weighted by molar-refractivity contribution is 8.18. The fraction of sp³-hybridized carbons (Fsp3) is 0.0909. The molecule has 1 aliphatic rings. The molecule has 1 fully saturated rings. The van der Waals surface area contributed by atoms with Gasteiger partial charge in [-0.3, -0.25) is 24.6 Å². The number of amides is 2. The van der Waals surface area contributed by atoms with Crippen LogP contribution in [0.2, 0.25) is 5.02 Å². The number of imide groups is 1. The number of rotatable bonds is 6. The first-order valence-electron chi connectivity index (χ1n) is 9.28. The van der Waals surface area contributed by atoms with Crippen molar-refractivity contribution < 1.29 is 23.7 Å². The number of nitro benzene ring substituents is 1. The average molecular weight is 471 g/mol. The van der Waals surface area contributed by atoms with Gasteiger partial charge in [-0.2, -0.15) is 0 Å². The third kappa shape index (κ3) is 4.39. The number of nitro groups is 1. The van der Waals surface area contributed by atoms with Crippen LogP contribution in [0.15, 0.2) is 63.9 Å². The summed E-state index contributed by atoms with van der Waals surface area (Å²) in [5.41, 5.74) is 1.07. The van der Waals surface area contributed by atoms with Crippen molar-refractivity contribution in [3.05, 3.63) is 86.0 Å². The fourth-order valence-electron chi connectivity index (χ4n) is 3.12. The van der Waals surface area contributed by atoms with Crippen LogP contribution in [0.1, 0.15) is 11.3 Å². The Morgan fingerprint density at radius 3 is 2.59 bits per heavy atom. The zero-order valence-corrected chi connectivity index (χ0v) is 18.2. The molecule has 0 spiro atoms. The number of carbonyl (C=O) groups is 2. The maximum Gasteiger partial charge on any atom is 0.293 e. The van der Waals surface area contributed by atoms with Gasteiger partial charge in [0.05, 0.1) is 29.0 Å². The van der Waals surface area contributed by atoms with Crippen molar-refractivity contribution in [3.63, 3.8) is 0 Å². The van der Waals surface area contributed by atoms with Crippen LogP contribution in [0, 0.1) is 10.1 Å². The second kappa shape index (κ2) is 8.89. The molecule has 0 aliphatic carbocycles. The van der Waals surface area contributed by atoms with E-state index in [9.17, 15) is 19.7 Å². The van der Waals surface area contributed by atoms with Gasteiger partial charge in [-0.1, -0.05) is 23.7 Å². The van der Waals surface area contributed by atoms with Crippen molar-refractivity contribution in [2.24, 2.45) is 0 Å². The molecule has 162 valence electrons. The standard InChI is InChI=1S/C22H15ClN2O6S/c1-30-18-8-6-15(25(28)29)10-17(18)19-9-7-16(31-19)11-20-21(26)24(22(27)32-20)12-13-2-4-14(23)5-3-13/h2-11H,12H2,1H3/b20-11-. The molecule has 1 saturated heterocycles. The predicted octanol–water partition coefficient (Wildman–Crippen LogP) is 5.75. The van der Waals surface area contributed by atoms with Gasteiger partial charge in [0.1, 0.15) is 17.3 Å². The maximum atomic E-state index is 12.7. The summed E-state index contributed by atoms with van der Waals surface area (Å²) in [6, 6.07) is 14.3. The van der Waals surface area contributed by atoms with Crippen LogP contribution < -0.4 is 4.74 Å². The van der Waals surface area contributed by atoms with E-state index in [-0.39, 0.29) is 22.4 Å². The zero-order chi connectivity index (χ0) is 22.8. The molecule has 0 radical (unpaired) electrons. The van der Waals surface area contributed by atoms with Crippen molar-refractivity contribution in [3.8, 4) is 17.1 Å². The van der Waals surface area contributed by atoms with Gasteiger partial charge in [-0.15, -0.1) is 0 Å². The van der Waals surface area contributed by atoms with E-state index in [1.165, 1.54) is 31.4 Å². The molecule has 2 aromatic carbocycles. The fourth-order valence-corrected chi connectivity index (χ4v) is 4.06. The predicted molar refractivity (Wildman–Crippen MR) is 120 cm³/mol. The first-order valence-corrected chi connectivity index (χ1v) is 10.5. The van der Waals surface area contributed by atoms with E-state index in [0.29, 0.717) is 27.9 Å². The van der Waals surface area contributed by atoms with E-state index >= 15 is 0 Å². The lowest BCUT2D eigenvalue weighted by molar-refractivity contribution is -0.384. The molecule has 1 aromatic heterocycles. The molecule has 0 N–H and O–H groups in total. The molecule has 2 heterocycles. The molecular weight excluding hydrogens is 456 g/mol. The van der Waals surface area contributed by atoms with Crippen LogP contribution in [-0.2, 0) is 11.3 Å². The van der Waals surface area contributed by atoms with Crippen LogP contribution >= 0.6 is 23.4 Å². The largest absolute Gasteiger partial charge is 0.496 e. The summed E-state index contributed by atoms with van der Waals surface area (Å²) in [6.45, 7) is 0.132. The number of halogens is 1. The summed E-state index contributed by atoms with van der Waals surface area (Å²) >= 11 is 6.69. The highest BCUT2D eigenvalue weighted by atomic mass is 35.5. The minimum atomic E-state index is -0.510. The summed E-state index contributed by atoms with van der Waals surface area (Å²) in [5, 5.41) is 11.3. The Balaban J connectivity index is 1.58. The Morgan fingerprint density at radius 1 is 1.16 bits per heavy atom. The van der Waals surface area contributed by atoms with Gasteiger partial charge < -0.3 is 9.15 Å². The Morgan fingerprint density at radius 2 is 1.91 bits per heavy atom. The lowest BCUT2D eigenvalue weighted by Gasteiger charge is -2.12. The van der Waals surface area contributed by atoms with E-state index in [2.05, 4.69) is 0 Å². The smallest absolute Gasteiger partial charge is 0.293 e. The van der Waals surface area contributed by atoms with Crippen LogP contribution in [0.4, 0.5) is 10.5 Å². The summed E-state index contributed by atoms with van der Waals surface area (Å²) in [4.78, 5) is 37.1. The molecule has 4 rings (SSSR count). The number of methoxy groups -OCH3 is 1. The van der Waals surface area contributed by atoms with Crippen molar-refractivity contribution in [1.82, 2.24) is 4.90 Å². The van der Waals surface area contributed by atoms with Gasteiger partial charge in [0.2, 0.25) is 0 Å². The molecule has 32 heavy (non-hydrogen) atoms. The molecule has 10 heteroatoms. The number of carbonyl (C=O) groups excluding carboxylic acids is 2. The first-order chi connectivity index (χ1) is 15.4. The minimum absolute atomic E-state index is 0.109. The van der Waals surface area contributed by atoms with E-state index in [1.807, 2.05) is 0 Å². The lowest BCUT2D eigenvalue weighted by atomic mass is 10.1. The van der Waals surface area contributed by atoms with Gasteiger partial charge in [0.15, 0.2) is 0 Å². The van der Waals surface area contributed by atoms with Crippen molar-refractivity contribution in [2.75, 3.05) is 7.11 Å². The Hall–Kier alpha value is -3.56. The SMILES string of the molecule is COc1ccc([N+](=O)[O-])cc1-c1ccc(/C=C2\SC(=O)N(Cc3ccc(Cl)cc3)C2=O)o1. The third-order valence-electron chi connectivity index (χ3n) is 4.69. The van der Waals surface area contributed by atoms with Gasteiger partial charge in [-0.25, -0.2) is 0 Å². The maximum absolute atomic E-state index is 12.7. The highest BCUT2D eigenvalue weighted by Gasteiger charge is 2.35. The number of furan rings is 1. The van der Waals surface area contributed by atoms with Crippen molar-refractivity contribution in [1.29, 1.82) is 0 Å². The highest BCUT2D eigenvalue weighted by Crippen LogP contribution is 2.37. The Bertz CT molecular complexity index is 1250. The first kappa shape index (κ1) is 21.7. The molecular formula is C22H15ClN2O6S. The summed E-state index contributed by atoms with van der Waals surface area (Å²) < 4.78 is 11.0. The quantitative estimate of drug-likeness (QED) is 0.256. The molecule has 1 aliphatic heterocycles. The van der Waals surface area contributed by atoms with Crippen LogP contribution in [-0.4, -0.2) is 28.1 Å². The summed E-state index contributed by atoms with van der Waals surface area (Å²) in [6.07, 6.45) is 1.47. The molecule has 3 aromatic rings. The van der Waals surface area contributed by atoms with Crippen molar-refractivity contribution in [2.45, 2.75) is 6.54 Å². The van der Waals surface area contributed by atoms with Gasteiger partial charge in [-0.05, 0) is 47.7 Å². The van der Waals surface area contributed by atoms with E-state index in [1.54, 1.807) is 36.4 Å². The number of non-ortho nitro benzene ring substituents is 1. The molecule has 0 saturated carbocycles. The number of benzene rings is 2. The van der Waals surface area contributed by atoms with Crippen molar-refractivity contribution >= 4 is 46.3 Å². The molecule has 0 unspecified atom stereocenters. The molecule has 8 nitrogen and oxygen atoms in total.